The number of esters is 2. The lowest BCUT2D eigenvalue weighted by atomic mass is 9.91. The monoisotopic (exact) mass is 678 g/mol. The molecule has 4 aromatic rings. The zero-order valence-electron chi connectivity index (χ0n) is 26.5. The summed E-state index contributed by atoms with van der Waals surface area (Å²) in [5, 5.41) is 19.8. The molecular weight excluding hydrogens is 646 g/mol. The molecule has 0 bridgehead atoms. The van der Waals surface area contributed by atoms with Crippen molar-refractivity contribution in [3.05, 3.63) is 140 Å². The second-order valence-corrected chi connectivity index (χ2v) is 11.4. The van der Waals surface area contributed by atoms with Gasteiger partial charge in [-0.1, -0.05) is 84.9 Å². The number of benzene rings is 4. The standard InChI is InChI=1S/C35H32F2N2O10/c1-23(27-13-15-29(31(36)17-27)25-9-5-3-6-10-25)33(40)46-19-35(21-48-38(42)43,22-49-39(44)45)20-47-34(41)24(2)28-14-16-30(32(37)18-28)26-11-7-4-8-12-26/h3-18,23-24H,19-22H2,1-2H3/t23-,24-/m1/s1. The fraction of sp³-hybridized carbons (Fsp3) is 0.257. The third-order valence-corrected chi connectivity index (χ3v) is 7.86. The molecule has 0 radical (unpaired) electrons. The first-order valence-corrected chi connectivity index (χ1v) is 15.0. The number of hydrogen-bond acceptors (Lipinski definition) is 10. The maximum atomic E-state index is 15.0. The van der Waals surface area contributed by atoms with Gasteiger partial charge >= 0.3 is 11.9 Å². The van der Waals surface area contributed by atoms with Crippen LogP contribution in [-0.4, -0.2) is 48.5 Å². The van der Waals surface area contributed by atoms with Crippen LogP contribution in [0.5, 0.6) is 0 Å². The molecule has 0 aliphatic heterocycles. The summed E-state index contributed by atoms with van der Waals surface area (Å²) in [4.78, 5) is 57.3. The Labute approximate surface area is 279 Å². The lowest BCUT2D eigenvalue weighted by molar-refractivity contribution is -0.772. The van der Waals surface area contributed by atoms with Crippen LogP contribution in [0, 0.1) is 37.3 Å². The molecule has 256 valence electrons. The molecule has 2 atom stereocenters. The number of ether oxygens (including phenoxy) is 2. The van der Waals surface area contributed by atoms with Gasteiger partial charge in [-0.15, -0.1) is 20.2 Å². The van der Waals surface area contributed by atoms with Gasteiger partial charge in [-0.3, -0.25) is 9.59 Å². The molecule has 0 saturated heterocycles. The summed E-state index contributed by atoms with van der Waals surface area (Å²) >= 11 is 0. The highest BCUT2D eigenvalue weighted by Gasteiger charge is 2.38. The normalized spacial score (nSPS) is 12.3. The lowest BCUT2D eigenvalue weighted by Crippen LogP contribution is -2.44. The predicted octanol–water partition coefficient (Wildman–Crippen LogP) is 6.70. The fourth-order valence-electron chi connectivity index (χ4n) is 4.90. The molecule has 14 heteroatoms. The lowest BCUT2D eigenvalue weighted by Gasteiger charge is -2.31. The molecule has 0 saturated carbocycles. The molecule has 4 aromatic carbocycles. The molecule has 0 amide bonds. The van der Waals surface area contributed by atoms with E-state index in [1.165, 1.54) is 50.2 Å². The van der Waals surface area contributed by atoms with Gasteiger partial charge in [0.1, 0.15) is 38.1 Å². The van der Waals surface area contributed by atoms with Gasteiger partial charge in [-0.2, -0.15) is 0 Å². The van der Waals surface area contributed by atoms with E-state index in [2.05, 4.69) is 9.68 Å². The van der Waals surface area contributed by atoms with E-state index in [0.29, 0.717) is 22.3 Å². The van der Waals surface area contributed by atoms with E-state index < -0.39 is 77.4 Å². The predicted molar refractivity (Wildman–Crippen MR) is 171 cm³/mol. The van der Waals surface area contributed by atoms with E-state index in [0.717, 1.165) is 0 Å². The third kappa shape index (κ3) is 9.56. The Morgan fingerprint density at radius 1 is 0.633 bits per heavy atom. The molecule has 0 heterocycles. The average molecular weight is 679 g/mol. The minimum atomic E-state index is -1.93. The molecule has 0 unspecified atom stereocenters. The maximum absolute atomic E-state index is 15.0. The second-order valence-electron chi connectivity index (χ2n) is 11.4. The molecule has 0 aliphatic rings. The van der Waals surface area contributed by atoms with Crippen LogP contribution < -0.4 is 0 Å². The van der Waals surface area contributed by atoms with E-state index in [4.69, 9.17) is 9.47 Å². The van der Waals surface area contributed by atoms with Crippen LogP contribution in [0.3, 0.4) is 0 Å². The molecule has 0 N–H and O–H groups in total. The number of carbonyl (C=O) groups excluding carboxylic acids is 2. The largest absolute Gasteiger partial charge is 0.464 e. The Balaban J connectivity index is 1.49. The fourth-order valence-corrected chi connectivity index (χ4v) is 4.90. The Hall–Kier alpha value is -5.92. The van der Waals surface area contributed by atoms with Crippen molar-refractivity contribution in [3.63, 3.8) is 0 Å². The molecule has 12 nitrogen and oxygen atoms in total. The Morgan fingerprint density at radius 3 is 1.33 bits per heavy atom. The van der Waals surface area contributed by atoms with Gasteiger partial charge in [0.05, 0.1) is 17.3 Å². The molecule has 0 fully saturated rings. The van der Waals surface area contributed by atoms with Gasteiger partial charge in [-0.25, -0.2) is 8.78 Å². The van der Waals surface area contributed by atoms with Gasteiger partial charge < -0.3 is 19.1 Å². The van der Waals surface area contributed by atoms with Crippen molar-refractivity contribution in [1.82, 2.24) is 0 Å². The van der Waals surface area contributed by atoms with Crippen molar-refractivity contribution in [3.8, 4) is 22.3 Å². The Kier molecular flexibility index (Phi) is 11.9. The van der Waals surface area contributed by atoms with Crippen LogP contribution in [0.15, 0.2) is 97.1 Å². The summed E-state index contributed by atoms with van der Waals surface area (Å²) in [5.41, 5.74) is 0.439. The van der Waals surface area contributed by atoms with Crippen LogP contribution in [-0.2, 0) is 28.7 Å². The number of nitrogens with zero attached hydrogens (tertiary/aromatic N) is 2. The third-order valence-electron chi connectivity index (χ3n) is 7.86. The number of halogens is 2. The van der Waals surface area contributed by atoms with Crippen LogP contribution in [0.1, 0.15) is 36.8 Å². The minimum absolute atomic E-state index is 0.252. The van der Waals surface area contributed by atoms with Crippen molar-refractivity contribution < 1.29 is 47.7 Å². The average Bonchev–Trinajstić information content (AvgIpc) is 3.10. The van der Waals surface area contributed by atoms with Crippen molar-refractivity contribution in [2.75, 3.05) is 26.4 Å². The van der Waals surface area contributed by atoms with Crippen LogP contribution in [0.25, 0.3) is 22.3 Å². The number of rotatable bonds is 16. The van der Waals surface area contributed by atoms with Crippen LogP contribution in [0.2, 0.25) is 0 Å². The Morgan fingerprint density at radius 2 is 1.00 bits per heavy atom. The topological polar surface area (TPSA) is 157 Å². The zero-order chi connectivity index (χ0) is 35.6. The van der Waals surface area contributed by atoms with Gasteiger partial charge in [0.2, 0.25) is 0 Å². The number of hydrogen-bond donors (Lipinski definition) is 0. The minimum Gasteiger partial charge on any atom is -0.464 e. The first-order valence-electron chi connectivity index (χ1n) is 15.0. The van der Waals surface area contributed by atoms with Gasteiger partial charge in [0.25, 0.3) is 10.2 Å². The summed E-state index contributed by atoms with van der Waals surface area (Å²) in [5.74, 6) is -5.08. The van der Waals surface area contributed by atoms with E-state index in [9.17, 15) is 38.6 Å². The number of carbonyl (C=O) groups is 2. The molecule has 49 heavy (non-hydrogen) atoms. The van der Waals surface area contributed by atoms with Crippen LogP contribution in [0.4, 0.5) is 8.78 Å². The second kappa shape index (κ2) is 16.3. The first-order chi connectivity index (χ1) is 23.4. The SMILES string of the molecule is C[C@@H](C(=O)OCC(COC(=O)[C@H](C)c1ccc(-c2ccccc2)c(F)c1)(CO[N+](=O)[O-])CO[N+](=O)[O-])c1ccc(-c2ccccc2)c(F)c1. The highest BCUT2D eigenvalue weighted by Crippen LogP contribution is 2.30. The Bertz CT molecular complexity index is 1660. The quantitative estimate of drug-likeness (QED) is 0.0710. The van der Waals surface area contributed by atoms with Crippen molar-refractivity contribution in [2.45, 2.75) is 25.7 Å². The summed E-state index contributed by atoms with van der Waals surface area (Å²) in [7, 11) is 0. The molecule has 0 aliphatic carbocycles. The zero-order valence-corrected chi connectivity index (χ0v) is 26.5. The van der Waals surface area contributed by atoms with E-state index in [1.807, 2.05) is 0 Å². The van der Waals surface area contributed by atoms with Gasteiger partial charge in [0, 0.05) is 11.1 Å². The molecular formula is C35H32F2N2O10. The highest BCUT2D eigenvalue weighted by molar-refractivity contribution is 5.79. The van der Waals surface area contributed by atoms with E-state index in [1.54, 1.807) is 60.7 Å². The summed E-state index contributed by atoms with van der Waals surface area (Å²) in [6.07, 6.45) is 0. The first kappa shape index (κ1) is 35.9. The van der Waals surface area contributed by atoms with Crippen molar-refractivity contribution >= 4 is 11.9 Å². The van der Waals surface area contributed by atoms with E-state index >= 15 is 0 Å². The van der Waals surface area contributed by atoms with Crippen LogP contribution >= 0.6 is 0 Å². The van der Waals surface area contributed by atoms with Crippen molar-refractivity contribution in [2.24, 2.45) is 5.41 Å². The molecule has 0 spiro atoms. The van der Waals surface area contributed by atoms with Gasteiger partial charge in [-0.05, 0) is 48.2 Å². The van der Waals surface area contributed by atoms with Crippen molar-refractivity contribution in [1.29, 1.82) is 0 Å². The molecule has 0 aromatic heterocycles. The summed E-state index contributed by atoms with van der Waals surface area (Å²) in [6.45, 7) is -0.567. The van der Waals surface area contributed by atoms with E-state index in [-0.39, 0.29) is 11.1 Å². The highest BCUT2D eigenvalue weighted by atomic mass is 19.1. The maximum Gasteiger partial charge on any atom is 0.313 e. The van der Waals surface area contributed by atoms with Gasteiger partial charge in [0.15, 0.2) is 0 Å². The molecule has 4 rings (SSSR count). The summed E-state index contributed by atoms with van der Waals surface area (Å²) in [6, 6.07) is 25.9. The summed E-state index contributed by atoms with van der Waals surface area (Å²) < 4.78 is 40.7. The smallest absolute Gasteiger partial charge is 0.313 e.